The molecule has 5 rings (SSSR count). The average molecular weight is 454 g/mol. The lowest BCUT2D eigenvalue weighted by Gasteiger charge is -2.32. The quantitative estimate of drug-likeness (QED) is 0.578. The molecular formula is C23H20BrNO4. The zero-order valence-electron chi connectivity index (χ0n) is 15.8. The number of fused-ring (bicyclic) bond motifs is 3. The third-order valence-electron chi connectivity index (χ3n) is 5.35. The van der Waals surface area contributed by atoms with E-state index in [1.165, 1.54) is 0 Å². The summed E-state index contributed by atoms with van der Waals surface area (Å²) >= 11 is 3.50. The summed E-state index contributed by atoms with van der Waals surface area (Å²) in [6.07, 6.45) is 0.780. The van der Waals surface area contributed by atoms with Crippen LogP contribution in [0.3, 0.4) is 0 Å². The number of hydrogen-bond acceptors (Lipinski definition) is 4. The molecule has 0 aliphatic carbocycles. The highest BCUT2D eigenvalue weighted by Crippen LogP contribution is 2.46. The summed E-state index contributed by atoms with van der Waals surface area (Å²) in [6, 6.07) is 19.8. The SMILES string of the molecule is O=C1N(CCOc2cccc3ccccc23)c2ccc(Br)cc2C12OCCCO2. The molecule has 1 fully saturated rings. The van der Waals surface area contributed by atoms with Gasteiger partial charge in [-0.2, -0.15) is 0 Å². The van der Waals surface area contributed by atoms with Gasteiger partial charge in [-0.25, -0.2) is 0 Å². The van der Waals surface area contributed by atoms with Gasteiger partial charge in [-0.05, 0) is 36.1 Å². The van der Waals surface area contributed by atoms with E-state index in [-0.39, 0.29) is 5.91 Å². The van der Waals surface area contributed by atoms with Crippen LogP contribution >= 0.6 is 15.9 Å². The summed E-state index contributed by atoms with van der Waals surface area (Å²) in [4.78, 5) is 15.0. The van der Waals surface area contributed by atoms with Crippen molar-refractivity contribution in [1.82, 2.24) is 0 Å². The Morgan fingerprint density at radius 1 is 1.03 bits per heavy atom. The molecule has 1 saturated heterocycles. The molecule has 2 aliphatic rings. The van der Waals surface area contributed by atoms with Crippen molar-refractivity contribution in [2.24, 2.45) is 0 Å². The number of amides is 1. The van der Waals surface area contributed by atoms with E-state index in [1.54, 1.807) is 4.90 Å². The molecule has 2 heterocycles. The molecule has 148 valence electrons. The molecule has 0 atom stereocenters. The van der Waals surface area contributed by atoms with Crippen LogP contribution in [0.25, 0.3) is 10.8 Å². The van der Waals surface area contributed by atoms with Gasteiger partial charge in [0.25, 0.3) is 11.7 Å². The van der Waals surface area contributed by atoms with E-state index in [4.69, 9.17) is 14.2 Å². The number of hydrogen-bond donors (Lipinski definition) is 0. The van der Waals surface area contributed by atoms with Crippen molar-refractivity contribution in [3.63, 3.8) is 0 Å². The van der Waals surface area contributed by atoms with E-state index in [0.29, 0.717) is 26.4 Å². The maximum Gasteiger partial charge on any atom is 0.292 e. The molecule has 1 amide bonds. The number of carbonyl (C=O) groups excluding carboxylic acids is 1. The number of halogens is 1. The second-order valence-electron chi connectivity index (χ2n) is 7.11. The van der Waals surface area contributed by atoms with E-state index >= 15 is 0 Å². The fourth-order valence-electron chi connectivity index (χ4n) is 4.01. The first-order valence-electron chi connectivity index (χ1n) is 9.69. The van der Waals surface area contributed by atoms with Crippen LogP contribution in [0.15, 0.2) is 65.1 Å². The topological polar surface area (TPSA) is 48.0 Å². The van der Waals surface area contributed by atoms with Gasteiger partial charge >= 0.3 is 0 Å². The molecule has 3 aromatic rings. The smallest absolute Gasteiger partial charge is 0.292 e. The van der Waals surface area contributed by atoms with Crippen molar-refractivity contribution < 1.29 is 19.0 Å². The zero-order chi connectivity index (χ0) is 19.8. The van der Waals surface area contributed by atoms with Gasteiger partial charge in [0, 0.05) is 15.4 Å². The highest BCUT2D eigenvalue weighted by Gasteiger charge is 2.54. The molecule has 0 saturated carbocycles. The number of ether oxygens (including phenoxy) is 3. The summed E-state index contributed by atoms with van der Waals surface area (Å²) in [7, 11) is 0. The Bertz CT molecular complexity index is 1070. The lowest BCUT2D eigenvalue weighted by Crippen LogP contribution is -2.48. The number of benzene rings is 3. The van der Waals surface area contributed by atoms with Crippen molar-refractivity contribution in [2.75, 3.05) is 31.3 Å². The van der Waals surface area contributed by atoms with Gasteiger partial charge in [-0.3, -0.25) is 4.79 Å². The number of carbonyl (C=O) groups is 1. The molecule has 3 aromatic carbocycles. The van der Waals surface area contributed by atoms with Crippen LogP contribution in [0, 0.1) is 0 Å². The van der Waals surface area contributed by atoms with Crippen LogP contribution < -0.4 is 9.64 Å². The number of anilines is 1. The molecule has 1 spiro atoms. The summed E-state index contributed by atoms with van der Waals surface area (Å²) in [5.74, 6) is -0.714. The van der Waals surface area contributed by atoms with Crippen LogP contribution in [0.2, 0.25) is 0 Å². The minimum atomic E-state index is -1.34. The Labute approximate surface area is 177 Å². The van der Waals surface area contributed by atoms with Gasteiger partial charge in [0.2, 0.25) is 0 Å². The molecule has 29 heavy (non-hydrogen) atoms. The highest BCUT2D eigenvalue weighted by atomic mass is 79.9. The Morgan fingerprint density at radius 2 is 1.83 bits per heavy atom. The predicted octanol–water partition coefficient (Wildman–Crippen LogP) is 4.62. The maximum atomic E-state index is 13.3. The summed E-state index contributed by atoms with van der Waals surface area (Å²) < 4.78 is 18.7. The standard InChI is InChI=1S/C23H20BrNO4/c24-17-9-10-20-19(15-17)23(28-12-4-13-29-23)22(26)25(20)11-14-27-21-8-3-6-16-5-1-2-7-18(16)21/h1-3,5-10,15H,4,11-14H2. The van der Waals surface area contributed by atoms with E-state index in [0.717, 1.165) is 38.7 Å². The van der Waals surface area contributed by atoms with Crippen molar-refractivity contribution in [2.45, 2.75) is 12.2 Å². The van der Waals surface area contributed by atoms with Gasteiger partial charge in [0.15, 0.2) is 0 Å². The monoisotopic (exact) mass is 453 g/mol. The Morgan fingerprint density at radius 3 is 2.69 bits per heavy atom. The van der Waals surface area contributed by atoms with E-state index < -0.39 is 5.79 Å². The Balaban J connectivity index is 1.39. The van der Waals surface area contributed by atoms with Crippen molar-refractivity contribution >= 4 is 38.3 Å². The van der Waals surface area contributed by atoms with Crippen LogP contribution in [-0.2, 0) is 20.1 Å². The van der Waals surface area contributed by atoms with Gasteiger partial charge in [0.1, 0.15) is 12.4 Å². The predicted molar refractivity (Wildman–Crippen MR) is 114 cm³/mol. The first-order chi connectivity index (χ1) is 14.2. The fourth-order valence-corrected chi connectivity index (χ4v) is 4.37. The molecule has 0 radical (unpaired) electrons. The summed E-state index contributed by atoms with van der Waals surface area (Å²) in [6.45, 7) is 1.77. The Hall–Kier alpha value is -2.41. The van der Waals surface area contributed by atoms with E-state index in [1.807, 2.05) is 48.5 Å². The van der Waals surface area contributed by atoms with Gasteiger partial charge in [-0.15, -0.1) is 0 Å². The minimum absolute atomic E-state index is 0.188. The van der Waals surface area contributed by atoms with Crippen molar-refractivity contribution in [3.05, 3.63) is 70.7 Å². The van der Waals surface area contributed by atoms with E-state index in [9.17, 15) is 4.79 Å². The lowest BCUT2D eigenvalue weighted by atomic mass is 10.1. The summed E-state index contributed by atoms with van der Waals surface area (Å²) in [5.41, 5.74) is 1.56. The lowest BCUT2D eigenvalue weighted by molar-refractivity contribution is -0.256. The van der Waals surface area contributed by atoms with Gasteiger partial charge in [0.05, 0.1) is 25.4 Å². The summed E-state index contributed by atoms with van der Waals surface area (Å²) in [5, 5.41) is 2.18. The minimum Gasteiger partial charge on any atom is -0.491 e. The first-order valence-corrected chi connectivity index (χ1v) is 10.5. The highest BCUT2D eigenvalue weighted by molar-refractivity contribution is 9.10. The van der Waals surface area contributed by atoms with Crippen molar-refractivity contribution in [3.8, 4) is 5.75 Å². The van der Waals surface area contributed by atoms with Gasteiger partial charge in [-0.1, -0.05) is 52.3 Å². The van der Waals surface area contributed by atoms with Gasteiger partial charge < -0.3 is 19.1 Å². The molecule has 2 aliphatic heterocycles. The molecule has 0 aromatic heterocycles. The molecule has 0 bridgehead atoms. The second kappa shape index (κ2) is 7.44. The van der Waals surface area contributed by atoms with Crippen LogP contribution in [-0.4, -0.2) is 32.3 Å². The zero-order valence-corrected chi connectivity index (χ0v) is 17.4. The van der Waals surface area contributed by atoms with Crippen LogP contribution in [0.4, 0.5) is 5.69 Å². The third-order valence-corrected chi connectivity index (χ3v) is 5.85. The molecular weight excluding hydrogens is 434 g/mol. The third kappa shape index (κ3) is 3.12. The van der Waals surface area contributed by atoms with Crippen LogP contribution in [0.5, 0.6) is 5.75 Å². The molecule has 6 heteroatoms. The number of rotatable bonds is 4. The average Bonchev–Trinajstić information content (AvgIpc) is 2.97. The Kier molecular flexibility index (Phi) is 4.78. The molecule has 5 nitrogen and oxygen atoms in total. The van der Waals surface area contributed by atoms with E-state index in [2.05, 4.69) is 28.1 Å². The second-order valence-corrected chi connectivity index (χ2v) is 8.03. The molecule has 0 N–H and O–H groups in total. The normalized spacial score (nSPS) is 17.7. The van der Waals surface area contributed by atoms with Crippen molar-refractivity contribution in [1.29, 1.82) is 0 Å². The maximum absolute atomic E-state index is 13.3. The van der Waals surface area contributed by atoms with Crippen LogP contribution in [0.1, 0.15) is 12.0 Å². The fraction of sp³-hybridized carbons (Fsp3) is 0.261. The molecule has 0 unspecified atom stereocenters. The number of nitrogens with zero attached hydrogens (tertiary/aromatic N) is 1. The largest absolute Gasteiger partial charge is 0.491 e. The first kappa shape index (κ1) is 18.6.